The quantitative estimate of drug-likeness (QED) is 0.519. The monoisotopic (exact) mass is 418 g/mol. The van der Waals surface area contributed by atoms with E-state index in [-0.39, 0.29) is 12.5 Å². The highest BCUT2D eigenvalue weighted by atomic mass is 79.9. The van der Waals surface area contributed by atoms with Crippen LogP contribution in [0.3, 0.4) is 0 Å². The lowest BCUT2D eigenvalue weighted by atomic mass is 10.2. The smallest absolute Gasteiger partial charge is 0.277 e. The van der Waals surface area contributed by atoms with Crippen molar-refractivity contribution >= 4 is 43.5 Å². The van der Waals surface area contributed by atoms with Crippen LogP contribution in [0, 0.1) is 6.92 Å². The van der Waals surface area contributed by atoms with Gasteiger partial charge in [0.25, 0.3) is 5.91 Å². The zero-order chi connectivity index (χ0) is 15.8. The molecule has 1 aromatic rings. The molecule has 0 aliphatic rings. The van der Waals surface area contributed by atoms with Crippen molar-refractivity contribution in [3.63, 3.8) is 0 Å². The summed E-state index contributed by atoms with van der Waals surface area (Å²) in [7, 11) is 0. The number of unbranched alkanes of at least 4 members (excludes halogenated alkanes) is 1. The van der Waals surface area contributed by atoms with Crippen molar-refractivity contribution < 1.29 is 9.53 Å². The molecule has 0 atom stereocenters. The molecule has 0 saturated carbocycles. The van der Waals surface area contributed by atoms with Crippen molar-refractivity contribution in [3.05, 3.63) is 26.6 Å². The molecular weight excluding hydrogens is 400 g/mol. The second kappa shape index (κ2) is 9.20. The molecule has 1 rings (SSSR count). The molecule has 0 aromatic heterocycles. The number of nitrogens with zero attached hydrogens (tertiary/aromatic N) is 1. The van der Waals surface area contributed by atoms with Gasteiger partial charge in [0, 0.05) is 10.2 Å². The van der Waals surface area contributed by atoms with Crippen LogP contribution in [-0.2, 0) is 4.79 Å². The summed E-state index contributed by atoms with van der Waals surface area (Å²) in [4.78, 5) is 11.7. The Morgan fingerprint density at radius 2 is 2.10 bits per heavy atom. The Kier molecular flexibility index (Phi) is 7.96. The molecule has 21 heavy (non-hydrogen) atoms. The first kappa shape index (κ1) is 18.2. The minimum atomic E-state index is -0.264. The molecular formula is C15H20Br2N2O2. The fourth-order valence-corrected chi connectivity index (χ4v) is 3.24. The SMILES string of the molecule is CCCCC(C)=NNC(=O)COc1c(C)cc(Br)cc1Br. The molecule has 0 radical (unpaired) electrons. The van der Waals surface area contributed by atoms with E-state index in [0.29, 0.717) is 5.75 Å². The van der Waals surface area contributed by atoms with Crippen LogP contribution in [-0.4, -0.2) is 18.2 Å². The van der Waals surface area contributed by atoms with Gasteiger partial charge in [-0.15, -0.1) is 0 Å². The number of carbonyl (C=O) groups excluding carboxylic acids is 1. The molecule has 6 heteroatoms. The molecule has 0 bridgehead atoms. The molecule has 4 nitrogen and oxygen atoms in total. The van der Waals surface area contributed by atoms with E-state index in [2.05, 4.69) is 49.3 Å². The first-order chi connectivity index (χ1) is 9.93. The van der Waals surface area contributed by atoms with Crippen molar-refractivity contribution in [2.75, 3.05) is 6.61 Å². The number of aryl methyl sites for hydroxylation is 1. The first-order valence-corrected chi connectivity index (χ1v) is 8.43. The Bertz CT molecular complexity index is 507. The van der Waals surface area contributed by atoms with Gasteiger partial charge in [-0.3, -0.25) is 4.79 Å². The van der Waals surface area contributed by atoms with Crippen molar-refractivity contribution in [1.29, 1.82) is 0 Å². The van der Waals surface area contributed by atoms with E-state index in [1.165, 1.54) is 0 Å². The maximum atomic E-state index is 11.7. The third kappa shape index (κ3) is 6.61. The fourth-order valence-electron chi connectivity index (χ4n) is 1.69. The third-order valence-corrected chi connectivity index (χ3v) is 3.85. The number of hydrogen-bond donors (Lipinski definition) is 1. The molecule has 0 aliphatic heterocycles. The topological polar surface area (TPSA) is 50.7 Å². The number of hydrogen-bond acceptors (Lipinski definition) is 3. The number of hydrazone groups is 1. The predicted molar refractivity (Wildman–Crippen MR) is 92.9 cm³/mol. The lowest BCUT2D eigenvalue weighted by molar-refractivity contribution is -0.123. The normalized spacial score (nSPS) is 11.4. The van der Waals surface area contributed by atoms with Crippen LogP contribution in [0.2, 0.25) is 0 Å². The van der Waals surface area contributed by atoms with E-state index >= 15 is 0 Å². The summed E-state index contributed by atoms with van der Waals surface area (Å²) in [6.07, 6.45) is 3.09. The average Bonchev–Trinajstić information content (AvgIpc) is 2.41. The molecule has 1 amide bonds. The molecule has 0 saturated heterocycles. The number of halogens is 2. The van der Waals surface area contributed by atoms with Gasteiger partial charge in [-0.25, -0.2) is 5.43 Å². The van der Waals surface area contributed by atoms with Gasteiger partial charge in [-0.2, -0.15) is 5.10 Å². The van der Waals surface area contributed by atoms with Gasteiger partial charge in [-0.1, -0.05) is 29.3 Å². The summed E-state index contributed by atoms with van der Waals surface area (Å²) in [5.41, 5.74) is 4.38. The summed E-state index contributed by atoms with van der Waals surface area (Å²) in [5, 5.41) is 4.05. The van der Waals surface area contributed by atoms with Crippen LogP contribution in [0.25, 0.3) is 0 Å². The summed E-state index contributed by atoms with van der Waals surface area (Å²) in [5.74, 6) is 0.403. The van der Waals surface area contributed by atoms with Gasteiger partial charge in [0.1, 0.15) is 5.75 Å². The predicted octanol–water partition coefficient (Wildman–Crippen LogP) is 4.58. The van der Waals surface area contributed by atoms with Gasteiger partial charge in [0.2, 0.25) is 0 Å². The molecule has 116 valence electrons. The van der Waals surface area contributed by atoms with Crippen molar-refractivity contribution in [3.8, 4) is 5.75 Å². The van der Waals surface area contributed by atoms with Crippen LogP contribution in [0.1, 0.15) is 38.7 Å². The molecule has 0 fully saturated rings. The van der Waals surface area contributed by atoms with Crippen LogP contribution in [0.4, 0.5) is 0 Å². The molecule has 0 unspecified atom stereocenters. The van der Waals surface area contributed by atoms with Gasteiger partial charge < -0.3 is 4.74 Å². The highest BCUT2D eigenvalue weighted by Gasteiger charge is 2.09. The Labute approximate surface area is 142 Å². The third-order valence-electron chi connectivity index (χ3n) is 2.81. The highest BCUT2D eigenvalue weighted by Crippen LogP contribution is 2.32. The summed E-state index contributed by atoms with van der Waals surface area (Å²) in [6, 6.07) is 3.82. The van der Waals surface area contributed by atoms with Crippen LogP contribution in [0.5, 0.6) is 5.75 Å². The summed E-state index contributed by atoms with van der Waals surface area (Å²) < 4.78 is 7.32. The van der Waals surface area contributed by atoms with Gasteiger partial charge in [0.15, 0.2) is 6.61 Å². The Morgan fingerprint density at radius 3 is 2.71 bits per heavy atom. The van der Waals surface area contributed by atoms with Gasteiger partial charge in [0.05, 0.1) is 4.47 Å². The van der Waals surface area contributed by atoms with Crippen LogP contribution in [0.15, 0.2) is 26.2 Å². The maximum absolute atomic E-state index is 11.7. The number of ether oxygens (including phenoxy) is 1. The molecule has 0 spiro atoms. The lowest BCUT2D eigenvalue weighted by Crippen LogP contribution is -2.25. The van der Waals surface area contributed by atoms with Crippen molar-refractivity contribution in [1.82, 2.24) is 5.43 Å². The van der Waals surface area contributed by atoms with E-state index in [0.717, 1.165) is 39.5 Å². The van der Waals surface area contributed by atoms with E-state index < -0.39 is 0 Å². The Hall–Kier alpha value is -0.880. The zero-order valence-corrected chi connectivity index (χ0v) is 15.7. The zero-order valence-electron chi connectivity index (χ0n) is 12.5. The van der Waals surface area contributed by atoms with E-state index in [1.807, 2.05) is 26.0 Å². The minimum absolute atomic E-state index is 0.0639. The molecule has 1 N–H and O–H groups in total. The van der Waals surface area contributed by atoms with E-state index in [4.69, 9.17) is 4.74 Å². The standard InChI is InChI=1S/C15H20Br2N2O2/c1-4-5-6-11(3)18-19-14(20)9-21-15-10(2)7-12(16)8-13(15)17/h7-8H,4-6,9H2,1-3H3,(H,19,20). The van der Waals surface area contributed by atoms with Gasteiger partial charge in [-0.05, 0) is 60.3 Å². The summed E-state index contributed by atoms with van der Waals surface area (Å²) in [6.45, 7) is 5.89. The number of carbonyl (C=O) groups is 1. The number of rotatable bonds is 7. The van der Waals surface area contributed by atoms with Crippen molar-refractivity contribution in [2.24, 2.45) is 5.10 Å². The van der Waals surface area contributed by atoms with Crippen LogP contribution >= 0.6 is 31.9 Å². The van der Waals surface area contributed by atoms with E-state index in [1.54, 1.807) is 0 Å². The fraction of sp³-hybridized carbons (Fsp3) is 0.467. The second-order valence-electron chi connectivity index (χ2n) is 4.81. The minimum Gasteiger partial charge on any atom is -0.482 e. The maximum Gasteiger partial charge on any atom is 0.277 e. The molecule has 0 aliphatic carbocycles. The largest absolute Gasteiger partial charge is 0.482 e. The first-order valence-electron chi connectivity index (χ1n) is 6.84. The lowest BCUT2D eigenvalue weighted by Gasteiger charge is -2.11. The van der Waals surface area contributed by atoms with Crippen molar-refractivity contribution in [2.45, 2.75) is 40.0 Å². The van der Waals surface area contributed by atoms with Gasteiger partial charge >= 0.3 is 0 Å². The average molecular weight is 420 g/mol. The molecule has 0 heterocycles. The van der Waals surface area contributed by atoms with Crippen LogP contribution < -0.4 is 10.2 Å². The summed E-state index contributed by atoms with van der Waals surface area (Å²) >= 11 is 6.83. The highest BCUT2D eigenvalue weighted by molar-refractivity contribution is 9.11. The number of nitrogens with one attached hydrogen (secondary N) is 1. The second-order valence-corrected chi connectivity index (χ2v) is 6.58. The number of amides is 1. The van der Waals surface area contributed by atoms with E-state index in [9.17, 15) is 4.79 Å². The Balaban J connectivity index is 2.50. The molecule has 1 aromatic carbocycles. The number of benzene rings is 1. The Morgan fingerprint density at radius 1 is 1.38 bits per heavy atom.